The van der Waals surface area contributed by atoms with Crippen molar-refractivity contribution in [3.8, 4) is 0 Å². The van der Waals surface area contributed by atoms with Crippen LogP contribution in [0.3, 0.4) is 0 Å². The summed E-state index contributed by atoms with van der Waals surface area (Å²) in [7, 11) is 0. The van der Waals surface area contributed by atoms with E-state index < -0.39 is 5.54 Å². The van der Waals surface area contributed by atoms with E-state index in [-0.39, 0.29) is 5.91 Å². The van der Waals surface area contributed by atoms with Gasteiger partial charge in [-0.3, -0.25) is 4.79 Å². The number of benzene rings is 1. The van der Waals surface area contributed by atoms with E-state index >= 15 is 0 Å². The Morgan fingerprint density at radius 2 is 1.70 bits per heavy atom. The normalized spacial score (nSPS) is 11.4. The van der Waals surface area contributed by atoms with Crippen LogP contribution in [-0.2, 0) is 11.2 Å². The predicted molar refractivity (Wildman–Crippen MR) is 85.8 cm³/mol. The highest BCUT2D eigenvalue weighted by Gasteiger charge is 2.29. The molecule has 112 valence electrons. The summed E-state index contributed by atoms with van der Waals surface area (Å²) in [6.07, 6.45) is 6.11. The smallest absolute Gasteiger partial charge is 0.244 e. The predicted octanol–water partition coefficient (Wildman–Crippen LogP) is 3.88. The molecule has 0 unspecified atom stereocenters. The minimum atomic E-state index is -0.764. The van der Waals surface area contributed by atoms with Gasteiger partial charge in [0.1, 0.15) is 0 Å². The van der Waals surface area contributed by atoms with Gasteiger partial charge in [-0.2, -0.15) is 0 Å². The van der Waals surface area contributed by atoms with Gasteiger partial charge in [0, 0.05) is 5.69 Å². The second-order valence-corrected chi connectivity index (χ2v) is 5.47. The lowest BCUT2D eigenvalue weighted by Crippen LogP contribution is -2.50. The number of nitrogens with two attached hydrogens (primary N) is 1. The van der Waals surface area contributed by atoms with Crippen LogP contribution in [0.1, 0.15) is 58.4 Å². The number of carbonyl (C=O) groups is 1. The maximum absolute atomic E-state index is 12.2. The third kappa shape index (κ3) is 4.64. The molecule has 1 amide bonds. The van der Waals surface area contributed by atoms with Crippen LogP contribution in [0.5, 0.6) is 0 Å². The molecule has 0 aliphatic carbocycles. The average Bonchev–Trinajstić information content (AvgIpc) is 2.48. The molecular formula is C17H28N2O. The first-order valence-corrected chi connectivity index (χ1v) is 7.75. The standard InChI is InChI=1S/C17H28N2O/c1-4-7-8-9-14-10-12-15(13-11-14)19-16(20)17(18,5-2)6-3/h10-13H,4-9,18H2,1-3H3,(H,19,20). The molecule has 0 heterocycles. The first-order chi connectivity index (χ1) is 9.55. The number of anilines is 1. The molecule has 3 nitrogen and oxygen atoms in total. The van der Waals surface area contributed by atoms with Crippen molar-refractivity contribution in [3.05, 3.63) is 29.8 Å². The van der Waals surface area contributed by atoms with Gasteiger partial charge in [0.15, 0.2) is 0 Å². The summed E-state index contributed by atoms with van der Waals surface area (Å²) in [4.78, 5) is 12.2. The van der Waals surface area contributed by atoms with Crippen molar-refractivity contribution < 1.29 is 4.79 Å². The number of nitrogens with one attached hydrogen (secondary N) is 1. The Morgan fingerprint density at radius 3 is 2.20 bits per heavy atom. The number of carbonyl (C=O) groups excluding carboxylic acids is 1. The molecule has 1 aromatic carbocycles. The van der Waals surface area contributed by atoms with Crippen molar-refractivity contribution in [1.29, 1.82) is 0 Å². The van der Waals surface area contributed by atoms with Crippen molar-refractivity contribution in [2.75, 3.05) is 5.32 Å². The third-order valence-corrected chi connectivity index (χ3v) is 3.99. The maximum Gasteiger partial charge on any atom is 0.244 e. The zero-order valence-electron chi connectivity index (χ0n) is 13.0. The largest absolute Gasteiger partial charge is 0.324 e. The Labute approximate surface area is 122 Å². The van der Waals surface area contributed by atoms with Gasteiger partial charge >= 0.3 is 0 Å². The summed E-state index contributed by atoms with van der Waals surface area (Å²) in [5.41, 5.74) is 7.47. The van der Waals surface area contributed by atoms with Crippen LogP contribution in [0.4, 0.5) is 5.69 Å². The lowest BCUT2D eigenvalue weighted by Gasteiger charge is -2.25. The molecule has 3 N–H and O–H groups in total. The number of amides is 1. The average molecular weight is 276 g/mol. The first kappa shape index (κ1) is 16.7. The second kappa shape index (κ2) is 8.05. The molecule has 0 saturated heterocycles. The Balaban J connectivity index is 2.59. The zero-order chi connectivity index (χ0) is 15.0. The van der Waals surface area contributed by atoms with Gasteiger partial charge in [0.05, 0.1) is 5.54 Å². The molecule has 20 heavy (non-hydrogen) atoms. The van der Waals surface area contributed by atoms with Crippen molar-refractivity contribution in [2.45, 2.75) is 64.8 Å². The Morgan fingerprint density at radius 1 is 1.10 bits per heavy atom. The molecule has 0 aliphatic heterocycles. The first-order valence-electron chi connectivity index (χ1n) is 7.75. The van der Waals surface area contributed by atoms with E-state index in [1.807, 2.05) is 26.0 Å². The summed E-state index contributed by atoms with van der Waals surface area (Å²) < 4.78 is 0. The van der Waals surface area contributed by atoms with Gasteiger partial charge in [0.25, 0.3) is 0 Å². The van der Waals surface area contributed by atoms with Gasteiger partial charge in [-0.15, -0.1) is 0 Å². The van der Waals surface area contributed by atoms with Crippen LogP contribution in [0.2, 0.25) is 0 Å². The lowest BCUT2D eigenvalue weighted by molar-refractivity contribution is -0.121. The van der Waals surface area contributed by atoms with Gasteiger partial charge in [-0.05, 0) is 43.4 Å². The van der Waals surface area contributed by atoms with E-state index in [2.05, 4.69) is 24.4 Å². The molecule has 0 radical (unpaired) electrons. The fraction of sp³-hybridized carbons (Fsp3) is 0.588. The number of rotatable bonds is 8. The van der Waals surface area contributed by atoms with Crippen molar-refractivity contribution in [3.63, 3.8) is 0 Å². The van der Waals surface area contributed by atoms with Crippen LogP contribution in [0.15, 0.2) is 24.3 Å². The van der Waals surface area contributed by atoms with Crippen LogP contribution < -0.4 is 11.1 Å². The van der Waals surface area contributed by atoms with Crippen LogP contribution >= 0.6 is 0 Å². The monoisotopic (exact) mass is 276 g/mol. The summed E-state index contributed by atoms with van der Waals surface area (Å²) in [5.74, 6) is -0.0961. The lowest BCUT2D eigenvalue weighted by atomic mass is 9.93. The van der Waals surface area contributed by atoms with Gasteiger partial charge < -0.3 is 11.1 Å². The number of hydrogen-bond acceptors (Lipinski definition) is 2. The Hall–Kier alpha value is -1.35. The molecule has 0 aromatic heterocycles. The van der Waals surface area contributed by atoms with Gasteiger partial charge in [0.2, 0.25) is 5.91 Å². The zero-order valence-corrected chi connectivity index (χ0v) is 13.0. The minimum Gasteiger partial charge on any atom is -0.324 e. The highest BCUT2D eigenvalue weighted by molar-refractivity contribution is 5.97. The molecule has 0 saturated carbocycles. The molecule has 1 aromatic rings. The van der Waals surface area contributed by atoms with Gasteiger partial charge in [-0.25, -0.2) is 0 Å². The number of hydrogen-bond donors (Lipinski definition) is 2. The van der Waals surface area contributed by atoms with Crippen LogP contribution in [-0.4, -0.2) is 11.4 Å². The quantitative estimate of drug-likeness (QED) is 0.708. The summed E-state index contributed by atoms with van der Waals surface area (Å²) in [6, 6.07) is 8.10. The maximum atomic E-state index is 12.2. The Kier molecular flexibility index (Phi) is 6.73. The Bertz CT molecular complexity index is 408. The summed E-state index contributed by atoms with van der Waals surface area (Å²) >= 11 is 0. The van der Waals surface area contributed by atoms with Crippen molar-refractivity contribution >= 4 is 11.6 Å². The van der Waals surface area contributed by atoms with E-state index in [0.717, 1.165) is 12.1 Å². The van der Waals surface area contributed by atoms with E-state index in [4.69, 9.17) is 5.73 Å². The second-order valence-electron chi connectivity index (χ2n) is 5.47. The fourth-order valence-corrected chi connectivity index (χ4v) is 2.16. The van der Waals surface area contributed by atoms with Gasteiger partial charge in [-0.1, -0.05) is 45.7 Å². The minimum absolute atomic E-state index is 0.0961. The van der Waals surface area contributed by atoms with E-state index in [1.54, 1.807) is 0 Å². The van der Waals surface area contributed by atoms with E-state index in [0.29, 0.717) is 12.8 Å². The molecule has 0 bridgehead atoms. The SMILES string of the molecule is CCCCCc1ccc(NC(=O)C(N)(CC)CC)cc1. The molecular weight excluding hydrogens is 248 g/mol. The van der Waals surface area contributed by atoms with Crippen LogP contribution in [0, 0.1) is 0 Å². The number of aryl methyl sites for hydroxylation is 1. The van der Waals surface area contributed by atoms with E-state index in [9.17, 15) is 4.79 Å². The molecule has 3 heteroatoms. The van der Waals surface area contributed by atoms with Crippen LogP contribution in [0.25, 0.3) is 0 Å². The third-order valence-electron chi connectivity index (χ3n) is 3.99. The molecule has 0 fully saturated rings. The van der Waals surface area contributed by atoms with Crippen molar-refractivity contribution in [2.24, 2.45) is 5.73 Å². The molecule has 0 aliphatic rings. The van der Waals surface area contributed by atoms with Crippen molar-refractivity contribution in [1.82, 2.24) is 0 Å². The fourth-order valence-electron chi connectivity index (χ4n) is 2.16. The highest BCUT2D eigenvalue weighted by Crippen LogP contribution is 2.17. The molecule has 1 rings (SSSR count). The number of unbranched alkanes of at least 4 members (excludes halogenated alkanes) is 2. The highest BCUT2D eigenvalue weighted by atomic mass is 16.2. The summed E-state index contributed by atoms with van der Waals surface area (Å²) in [6.45, 7) is 6.10. The summed E-state index contributed by atoms with van der Waals surface area (Å²) in [5, 5.41) is 2.91. The topological polar surface area (TPSA) is 55.1 Å². The molecule has 0 atom stereocenters. The molecule has 0 spiro atoms. The van der Waals surface area contributed by atoms with E-state index in [1.165, 1.54) is 24.8 Å².